The van der Waals surface area contributed by atoms with Gasteiger partial charge in [-0.25, -0.2) is 0 Å². The lowest BCUT2D eigenvalue weighted by molar-refractivity contribution is -0.385. The van der Waals surface area contributed by atoms with Crippen LogP contribution in [0.25, 0.3) is 0 Å². The molecule has 1 N–H and O–H groups in total. The number of carbonyl (C=O) groups is 1. The number of nitro benzene ring substituents is 1. The largest absolute Gasteiger partial charge is 0.493 e. The fourth-order valence-corrected chi connectivity index (χ4v) is 2.02. The average Bonchev–Trinajstić information content (AvgIpc) is 2.62. The fraction of sp³-hybridized carbons (Fsp3) is 0.250. The van der Waals surface area contributed by atoms with Crippen LogP contribution in [0.4, 0.5) is 11.4 Å². The molecule has 25 heavy (non-hydrogen) atoms. The first-order chi connectivity index (χ1) is 12.1. The molecule has 0 aliphatic rings. The molecule has 0 fully saturated rings. The van der Waals surface area contributed by atoms with Gasteiger partial charge in [-0.15, -0.1) is 0 Å². The molecule has 0 saturated carbocycles. The van der Waals surface area contributed by atoms with Crippen molar-refractivity contribution in [3.8, 4) is 11.5 Å². The van der Waals surface area contributed by atoms with Crippen molar-refractivity contribution < 1.29 is 23.9 Å². The first-order valence-corrected chi connectivity index (χ1v) is 7.26. The molecule has 9 nitrogen and oxygen atoms in total. The van der Waals surface area contributed by atoms with Crippen LogP contribution >= 0.6 is 0 Å². The van der Waals surface area contributed by atoms with Crippen molar-refractivity contribution in [2.45, 2.75) is 0 Å². The van der Waals surface area contributed by atoms with Crippen LogP contribution in [0.1, 0.15) is 10.4 Å². The topological polar surface area (TPSA) is 113 Å². The van der Waals surface area contributed by atoms with Gasteiger partial charge in [-0.3, -0.25) is 19.9 Å². The molecule has 0 radical (unpaired) electrons. The molecule has 0 aliphatic heterocycles. The van der Waals surface area contributed by atoms with Crippen molar-refractivity contribution in [2.24, 2.45) is 0 Å². The second-order valence-corrected chi connectivity index (χ2v) is 4.81. The maximum Gasteiger partial charge on any atom is 0.286 e. The molecule has 1 amide bonds. The zero-order chi connectivity index (χ0) is 18.2. The summed E-state index contributed by atoms with van der Waals surface area (Å²) in [6.45, 7) is 0.492. The average molecular weight is 347 g/mol. The number of aromatic nitrogens is 1. The van der Waals surface area contributed by atoms with E-state index < -0.39 is 16.5 Å². The zero-order valence-electron chi connectivity index (χ0n) is 13.7. The van der Waals surface area contributed by atoms with E-state index in [0.717, 1.165) is 6.07 Å². The van der Waals surface area contributed by atoms with Crippen LogP contribution in [-0.2, 0) is 4.74 Å². The molecule has 132 valence electrons. The lowest BCUT2D eigenvalue weighted by atomic mass is 10.1. The van der Waals surface area contributed by atoms with E-state index >= 15 is 0 Å². The maximum absolute atomic E-state index is 12.4. The minimum Gasteiger partial charge on any atom is -0.493 e. The molecule has 0 saturated heterocycles. The molecular weight excluding hydrogens is 330 g/mol. The van der Waals surface area contributed by atoms with Gasteiger partial charge in [0.1, 0.15) is 12.2 Å². The van der Waals surface area contributed by atoms with Gasteiger partial charge in [0.2, 0.25) is 0 Å². The predicted molar refractivity (Wildman–Crippen MR) is 89.2 cm³/mol. The van der Waals surface area contributed by atoms with E-state index in [-0.39, 0.29) is 23.7 Å². The van der Waals surface area contributed by atoms with Crippen LogP contribution in [0.15, 0.2) is 36.7 Å². The van der Waals surface area contributed by atoms with Crippen LogP contribution in [0.2, 0.25) is 0 Å². The van der Waals surface area contributed by atoms with E-state index in [4.69, 9.17) is 14.2 Å². The minimum atomic E-state index is -0.652. The normalized spacial score (nSPS) is 10.2. The lowest BCUT2D eigenvalue weighted by Crippen LogP contribution is -2.15. The summed E-state index contributed by atoms with van der Waals surface area (Å²) < 4.78 is 15.5. The van der Waals surface area contributed by atoms with Crippen LogP contribution in [0.5, 0.6) is 11.5 Å². The summed E-state index contributed by atoms with van der Waals surface area (Å²) in [5.74, 6) is -0.288. The molecule has 0 spiro atoms. The van der Waals surface area contributed by atoms with E-state index in [0.29, 0.717) is 12.3 Å². The van der Waals surface area contributed by atoms with E-state index in [1.54, 1.807) is 18.3 Å². The second kappa shape index (κ2) is 8.60. The molecule has 2 rings (SSSR count). The van der Waals surface area contributed by atoms with E-state index in [1.165, 1.54) is 26.5 Å². The summed E-state index contributed by atoms with van der Waals surface area (Å²) in [5.41, 5.74) is -0.124. The van der Waals surface area contributed by atoms with Crippen molar-refractivity contribution in [3.05, 3.63) is 52.3 Å². The number of rotatable bonds is 8. The van der Waals surface area contributed by atoms with Crippen LogP contribution in [0.3, 0.4) is 0 Å². The Morgan fingerprint density at radius 3 is 2.68 bits per heavy atom. The third-order valence-corrected chi connectivity index (χ3v) is 3.19. The van der Waals surface area contributed by atoms with Gasteiger partial charge in [-0.05, 0) is 12.1 Å². The number of nitro groups is 1. The third-order valence-electron chi connectivity index (χ3n) is 3.19. The number of anilines is 1. The summed E-state index contributed by atoms with van der Waals surface area (Å²) in [4.78, 5) is 27.0. The summed E-state index contributed by atoms with van der Waals surface area (Å²) in [5, 5.41) is 13.9. The number of ether oxygens (including phenoxy) is 3. The highest BCUT2D eigenvalue weighted by atomic mass is 16.6. The Labute approximate surface area is 143 Å². The number of benzene rings is 1. The number of nitrogens with zero attached hydrogens (tertiary/aromatic N) is 2. The van der Waals surface area contributed by atoms with Gasteiger partial charge in [0, 0.05) is 19.4 Å². The smallest absolute Gasteiger partial charge is 0.286 e. The predicted octanol–water partition coefficient (Wildman–Crippen LogP) is 2.28. The Morgan fingerprint density at radius 1 is 1.28 bits per heavy atom. The second-order valence-electron chi connectivity index (χ2n) is 4.81. The van der Waals surface area contributed by atoms with Crippen molar-refractivity contribution >= 4 is 17.3 Å². The molecule has 2 aromatic rings. The highest BCUT2D eigenvalue weighted by Crippen LogP contribution is 2.35. The third kappa shape index (κ3) is 4.64. The number of methoxy groups -OCH3 is 2. The molecule has 0 aliphatic carbocycles. The number of carbonyl (C=O) groups excluding carboxylic acids is 1. The minimum absolute atomic E-state index is 0.148. The Balaban J connectivity index is 2.35. The number of hydrogen-bond acceptors (Lipinski definition) is 7. The number of hydrogen-bond donors (Lipinski definition) is 1. The molecule has 9 heteroatoms. The van der Waals surface area contributed by atoms with E-state index in [1.807, 2.05) is 0 Å². The number of pyridine rings is 1. The highest BCUT2D eigenvalue weighted by Gasteiger charge is 2.25. The monoisotopic (exact) mass is 347 g/mol. The summed E-state index contributed by atoms with van der Waals surface area (Å²) >= 11 is 0. The van der Waals surface area contributed by atoms with Crippen LogP contribution < -0.4 is 14.8 Å². The molecule has 0 unspecified atom stereocenters. The van der Waals surface area contributed by atoms with Gasteiger partial charge in [0.05, 0.1) is 36.6 Å². The van der Waals surface area contributed by atoms with Gasteiger partial charge in [-0.1, -0.05) is 0 Å². The Hall–Kier alpha value is -3.20. The van der Waals surface area contributed by atoms with Gasteiger partial charge in [0.25, 0.3) is 11.6 Å². The Morgan fingerprint density at radius 2 is 2.08 bits per heavy atom. The van der Waals surface area contributed by atoms with Crippen molar-refractivity contribution in [2.75, 3.05) is 32.8 Å². The standard InChI is InChI=1S/C16H17N3O6/c1-23-6-7-25-15-9-13(19(21)22)12(8-14(15)24-2)16(20)18-11-4-3-5-17-10-11/h3-5,8-10H,6-7H2,1-2H3,(H,18,20). The Kier molecular flexibility index (Phi) is 6.24. The highest BCUT2D eigenvalue weighted by molar-refractivity contribution is 6.07. The Bertz CT molecular complexity index is 751. The van der Waals surface area contributed by atoms with Crippen LogP contribution in [-0.4, -0.2) is 43.2 Å². The summed E-state index contributed by atoms with van der Waals surface area (Å²) in [6.07, 6.45) is 2.98. The van der Waals surface area contributed by atoms with Gasteiger partial charge in [0.15, 0.2) is 11.5 Å². The molecular formula is C16H17N3O6. The van der Waals surface area contributed by atoms with Crippen molar-refractivity contribution in [3.63, 3.8) is 0 Å². The van der Waals surface area contributed by atoms with Crippen molar-refractivity contribution in [1.29, 1.82) is 0 Å². The number of amides is 1. The van der Waals surface area contributed by atoms with Crippen LogP contribution in [0, 0.1) is 10.1 Å². The first kappa shape index (κ1) is 18.1. The SMILES string of the molecule is COCCOc1cc([N+](=O)[O-])c(C(=O)Nc2cccnc2)cc1OC. The molecule has 0 bridgehead atoms. The maximum atomic E-state index is 12.4. The molecule has 1 heterocycles. The fourth-order valence-electron chi connectivity index (χ4n) is 2.02. The van der Waals surface area contributed by atoms with Crippen molar-refractivity contribution in [1.82, 2.24) is 4.98 Å². The summed E-state index contributed by atoms with van der Waals surface area (Å²) in [7, 11) is 2.89. The first-order valence-electron chi connectivity index (χ1n) is 7.26. The van der Waals surface area contributed by atoms with E-state index in [2.05, 4.69) is 10.3 Å². The number of nitrogens with one attached hydrogen (secondary N) is 1. The molecule has 1 aromatic carbocycles. The zero-order valence-corrected chi connectivity index (χ0v) is 13.7. The quantitative estimate of drug-likeness (QED) is 0.443. The lowest BCUT2D eigenvalue weighted by Gasteiger charge is -2.12. The molecule has 1 aromatic heterocycles. The van der Waals surface area contributed by atoms with Gasteiger partial charge in [-0.2, -0.15) is 0 Å². The van der Waals surface area contributed by atoms with Gasteiger partial charge >= 0.3 is 0 Å². The van der Waals surface area contributed by atoms with E-state index in [9.17, 15) is 14.9 Å². The molecule has 0 atom stereocenters. The summed E-state index contributed by atoms with van der Waals surface area (Å²) in [6, 6.07) is 5.69. The van der Waals surface area contributed by atoms with Gasteiger partial charge < -0.3 is 19.5 Å².